The van der Waals surface area contributed by atoms with Crippen molar-refractivity contribution < 1.29 is 40.6 Å². The van der Waals surface area contributed by atoms with Crippen LogP contribution in [0.5, 0.6) is 5.75 Å². The van der Waals surface area contributed by atoms with Crippen LogP contribution in [-0.2, 0) is 21.9 Å². The van der Waals surface area contributed by atoms with E-state index < -0.39 is 35.4 Å². The molecule has 254 valence electrons. The molecule has 2 aliphatic rings. The topological polar surface area (TPSA) is 45.3 Å². The Hall–Kier alpha value is -3.13. The fourth-order valence-electron chi connectivity index (χ4n) is 5.43. The van der Waals surface area contributed by atoms with Crippen LogP contribution in [0.4, 0.5) is 37.7 Å². The molecule has 0 aliphatic carbocycles. The lowest BCUT2D eigenvalue weighted by molar-refractivity contribution is -0.149. The van der Waals surface area contributed by atoms with Gasteiger partial charge < -0.3 is 19.3 Å². The second-order valence-electron chi connectivity index (χ2n) is 11.5. The second kappa shape index (κ2) is 15.0. The smallest absolute Gasteiger partial charge is 0.416 e. The predicted molar refractivity (Wildman–Crippen MR) is 169 cm³/mol. The number of carbonyl (C=O) groups excluding carboxylic acids is 1. The summed E-state index contributed by atoms with van der Waals surface area (Å²) in [6, 6.07) is 14.4. The summed E-state index contributed by atoms with van der Waals surface area (Å²) in [5.41, 5.74) is -0.0777. The molecule has 14 heteroatoms. The summed E-state index contributed by atoms with van der Waals surface area (Å²) < 4.78 is 90.2. The molecule has 0 radical (unpaired) electrons. The van der Waals surface area contributed by atoms with Gasteiger partial charge >= 0.3 is 18.3 Å². The van der Waals surface area contributed by atoms with Crippen molar-refractivity contribution in [2.45, 2.75) is 35.5 Å². The third-order valence-electron chi connectivity index (χ3n) is 8.08. The van der Waals surface area contributed by atoms with E-state index in [2.05, 4.69) is 9.80 Å². The molecule has 3 aromatic rings. The van der Waals surface area contributed by atoms with Crippen LogP contribution in [0, 0.1) is 5.92 Å². The molecule has 0 saturated carbocycles. The van der Waals surface area contributed by atoms with Gasteiger partial charge in [-0.2, -0.15) is 26.3 Å². The van der Waals surface area contributed by atoms with Gasteiger partial charge in [-0.25, -0.2) is 0 Å². The summed E-state index contributed by atoms with van der Waals surface area (Å²) in [4.78, 5) is 20.7. The van der Waals surface area contributed by atoms with Crippen LogP contribution >= 0.6 is 23.4 Å². The zero-order chi connectivity index (χ0) is 33.8. The van der Waals surface area contributed by atoms with Crippen LogP contribution in [0.25, 0.3) is 0 Å². The molecule has 0 bridgehead atoms. The molecule has 1 atom stereocenters. The van der Waals surface area contributed by atoms with Crippen molar-refractivity contribution in [3.8, 4) is 5.75 Å². The Kier molecular flexibility index (Phi) is 11.2. The highest BCUT2D eigenvalue weighted by Crippen LogP contribution is 2.49. The lowest BCUT2D eigenvalue weighted by Crippen LogP contribution is -2.47. The van der Waals surface area contributed by atoms with Crippen LogP contribution in [0.3, 0.4) is 0 Å². The van der Waals surface area contributed by atoms with Crippen LogP contribution < -0.4 is 9.64 Å². The van der Waals surface area contributed by atoms with Crippen molar-refractivity contribution in [1.29, 1.82) is 0 Å². The molecule has 5 rings (SSSR count). The normalized spacial score (nSPS) is 16.4. The van der Waals surface area contributed by atoms with Gasteiger partial charge in [0, 0.05) is 49.1 Å². The van der Waals surface area contributed by atoms with Crippen molar-refractivity contribution in [2.24, 2.45) is 5.92 Å². The van der Waals surface area contributed by atoms with Gasteiger partial charge in [-0.05, 0) is 68.4 Å². The highest BCUT2D eigenvalue weighted by Gasteiger charge is 2.34. The third-order valence-corrected chi connectivity index (χ3v) is 9.52. The Balaban J connectivity index is 1.04. The summed E-state index contributed by atoms with van der Waals surface area (Å²) >= 11 is 7.43. The number of rotatable bonds is 11. The quantitative estimate of drug-likeness (QED) is 0.147. The first-order valence-electron chi connectivity index (χ1n) is 15.2. The van der Waals surface area contributed by atoms with Gasteiger partial charge in [0.2, 0.25) is 0 Å². The largest absolute Gasteiger partial charge is 0.491 e. The van der Waals surface area contributed by atoms with Gasteiger partial charge in [-0.3, -0.25) is 9.69 Å². The maximum Gasteiger partial charge on any atom is 0.416 e. The first-order valence-corrected chi connectivity index (χ1v) is 16.4. The number of fused-ring (bicyclic) bond motifs is 2. The summed E-state index contributed by atoms with van der Waals surface area (Å²) in [5.74, 6) is -1.39. The average Bonchev–Trinajstić information content (AvgIpc) is 3.03. The van der Waals surface area contributed by atoms with Crippen molar-refractivity contribution in [3.05, 3.63) is 76.8 Å². The predicted octanol–water partition coefficient (Wildman–Crippen LogP) is 8.25. The van der Waals surface area contributed by atoms with E-state index in [1.54, 1.807) is 13.0 Å². The number of ether oxygens (including phenoxy) is 2. The molecule has 47 heavy (non-hydrogen) atoms. The monoisotopic (exact) mass is 701 g/mol. The number of esters is 1. The molecule has 3 aromatic carbocycles. The first kappa shape index (κ1) is 35.2. The zero-order valence-corrected chi connectivity index (χ0v) is 27.1. The maximum atomic E-state index is 13.5. The standard InChI is InChI=1S/C33H34ClF6N3O3S/c1-22(21-46-28-20-24(33(38,39)40)7-9-25(28)34)31(44)45-18-17-42-15-13-41(14-16-42)11-4-12-43-26-5-2-3-6-29(26)47-30-10-8-23(19-27(30)43)32(35,36)37/h2-3,5-10,19-20,22H,4,11-18,21H2,1H3. The van der Waals surface area contributed by atoms with Crippen LogP contribution in [0.1, 0.15) is 24.5 Å². The van der Waals surface area contributed by atoms with Crippen LogP contribution in [0.2, 0.25) is 5.02 Å². The van der Waals surface area contributed by atoms with E-state index in [1.807, 2.05) is 29.2 Å². The number of anilines is 2. The van der Waals surface area contributed by atoms with Gasteiger partial charge in [-0.1, -0.05) is 35.5 Å². The zero-order valence-electron chi connectivity index (χ0n) is 25.5. The van der Waals surface area contributed by atoms with E-state index in [4.69, 9.17) is 21.1 Å². The van der Waals surface area contributed by atoms with Gasteiger partial charge in [0.15, 0.2) is 0 Å². The minimum Gasteiger partial charge on any atom is -0.491 e. The number of alkyl halides is 6. The molecule has 6 nitrogen and oxygen atoms in total. The summed E-state index contributed by atoms with van der Waals surface area (Å²) in [5, 5.41) is 0.0125. The van der Waals surface area contributed by atoms with Gasteiger partial charge in [0.05, 0.1) is 33.4 Å². The molecule has 2 aliphatic heterocycles. The molecule has 1 unspecified atom stereocenters. The first-order chi connectivity index (χ1) is 22.3. The lowest BCUT2D eigenvalue weighted by Gasteiger charge is -2.36. The number of hydrogen-bond acceptors (Lipinski definition) is 7. The Morgan fingerprint density at radius 2 is 1.45 bits per heavy atom. The molecule has 0 spiro atoms. The number of piperazine rings is 1. The van der Waals surface area contributed by atoms with Crippen molar-refractivity contribution >= 4 is 40.7 Å². The minimum absolute atomic E-state index is 0.0125. The number of carbonyl (C=O) groups is 1. The molecule has 1 fully saturated rings. The number of para-hydroxylation sites is 1. The number of halogens is 7. The van der Waals surface area contributed by atoms with E-state index in [0.29, 0.717) is 18.8 Å². The number of nitrogens with zero attached hydrogens (tertiary/aromatic N) is 3. The Morgan fingerprint density at radius 3 is 2.15 bits per heavy atom. The van der Waals surface area contributed by atoms with Gasteiger partial charge in [-0.15, -0.1) is 0 Å². The third kappa shape index (κ3) is 9.07. The van der Waals surface area contributed by atoms with Crippen molar-refractivity contribution in [3.63, 3.8) is 0 Å². The van der Waals surface area contributed by atoms with E-state index in [0.717, 1.165) is 78.9 Å². The summed E-state index contributed by atoms with van der Waals surface area (Å²) in [6.45, 7) is 6.59. The van der Waals surface area contributed by atoms with Crippen molar-refractivity contribution in [1.82, 2.24) is 9.80 Å². The molecule has 1 saturated heterocycles. The minimum atomic E-state index is -4.54. The molecule has 0 aromatic heterocycles. The number of benzene rings is 3. The Morgan fingerprint density at radius 1 is 0.830 bits per heavy atom. The van der Waals surface area contributed by atoms with Crippen LogP contribution in [-0.4, -0.2) is 74.8 Å². The Bertz CT molecular complexity index is 1550. The van der Waals surface area contributed by atoms with E-state index in [1.165, 1.54) is 17.8 Å². The average molecular weight is 702 g/mol. The van der Waals surface area contributed by atoms with E-state index >= 15 is 0 Å². The SMILES string of the molecule is CC(COc1cc(C(F)(F)F)ccc1Cl)C(=O)OCCN1CCN(CCCN2c3ccccc3Sc3ccc(C(F)(F)F)cc32)CC1. The molecular formula is C33H34ClF6N3O3S. The highest BCUT2D eigenvalue weighted by atomic mass is 35.5. The fraction of sp³-hybridized carbons (Fsp3) is 0.424. The maximum absolute atomic E-state index is 13.5. The van der Waals surface area contributed by atoms with Crippen molar-refractivity contribution in [2.75, 3.05) is 63.9 Å². The number of hydrogen-bond donors (Lipinski definition) is 0. The summed E-state index contributed by atoms with van der Waals surface area (Å²) in [6.07, 6.45) is -8.20. The fourth-order valence-corrected chi connectivity index (χ4v) is 6.67. The second-order valence-corrected chi connectivity index (χ2v) is 13.0. The lowest BCUT2D eigenvalue weighted by atomic mass is 10.1. The molecular weight excluding hydrogens is 668 g/mol. The molecule has 0 N–H and O–H groups in total. The summed E-state index contributed by atoms with van der Waals surface area (Å²) in [7, 11) is 0. The molecule has 0 amide bonds. The van der Waals surface area contributed by atoms with Gasteiger partial charge in [0.1, 0.15) is 19.0 Å². The highest BCUT2D eigenvalue weighted by molar-refractivity contribution is 7.99. The van der Waals surface area contributed by atoms with E-state index in [9.17, 15) is 31.1 Å². The van der Waals surface area contributed by atoms with Gasteiger partial charge in [0.25, 0.3) is 0 Å². The molecule has 2 heterocycles. The Labute approximate surface area is 278 Å². The van der Waals surface area contributed by atoms with Crippen LogP contribution in [0.15, 0.2) is 70.5 Å². The van der Waals surface area contributed by atoms with E-state index in [-0.39, 0.29) is 24.0 Å².